The van der Waals surface area contributed by atoms with E-state index in [-0.39, 0.29) is 10.8 Å². The summed E-state index contributed by atoms with van der Waals surface area (Å²) in [7, 11) is 0. The van der Waals surface area contributed by atoms with Crippen molar-refractivity contribution >= 4 is 33.3 Å². The second-order valence-electron chi connectivity index (χ2n) is 6.54. The van der Waals surface area contributed by atoms with Gasteiger partial charge in [0, 0.05) is 10.9 Å². The summed E-state index contributed by atoms with van der Waals surface area (Å²) in [5.41, 5.74) is 1.84. The summed E-state index contributed by atoms with van der Waals surface area (Å²) in [4.78, 5) is 21.2. The van der Waals surface area contributed by atoms with Crippen molar-refractivity contribution in [3.8, 4) is 11.1 Å². The molecule has 1 fully saturated rings. The summed E-state index contributed by atoms with van der Waals surface area (Å²) in [6, 6.07) is 10.3. The zero-order valence-corrected chi connectivity index (χ0v) is 16.1. The number of hydrogen-bond donors (Lipinski definition) is 1. The lowest BCUT2D eigenvalue weighted by atomic mass is 10.1. The van der Waals surface area contributed by atoms with Gasteiger partial charge in [-0.05, 0) is 35.8 Å². The SMILES string of the molecule is C[C@@H](Sc1nnnn1C1CC1)c1nc2scc(-c3ccccc3)c2c(=O)[nH]1. The van der Waals surface area contributed by atoms with E-state index in [2.05, 4.69) is 20.5 Å². The lowest BCUT2D eigenvalue weighted by molar-refractivity contribution is 0.564. The fourth-order valence-corrected chi connectivity index (χ4v) is 4.89. The summed E-state index contributed by atoms with van der Waals surface area (Å²) in [6.07, 6.45) is 2.23. The number of benzene rings is 1. The Morgan fingerprint density at radius 1 is 1.30 bits per heavy atom. The maximum atomic E-state index is 12.8. The number of nitrogens with zero attached hydrogens (tertiary/aromatic N) is 5. The zero-order valence-electron chi connectivity index (χ0n) is 14.5. The lowest BCUT2D eigenvalue weighted by Gasteiger charge is -2.10. The highest BCUT2D eigenvalue weighted by Crippen LogP contribution is 2.40. The molecule has 0 aliphatic heterocycles. The van der Waals surface area contributed by atoms with Crippen LogP contribution in [-0.4, -0.2) is 30.2 Å². The second-order valence-corrected chi connectivity index (χ2v) is 8.71. The quantitative estimate of drug-likeness (QED) is 0.516. The number of thiophene rings is 1. The molecule has 3 aromatic heterocycles. The predicted octanol–water partition coefficient (Wildman–Crippen LogP) is 3.83. The van der Waals surface area contributed by atoms with Gasteiger partial charge in [-0.2, -0.15) is 0 Å². The van der Waals surface area contributed by atoms with Gasteiger partial charge < -0.3 is 4.98 Å². The van der Waals surface area contributed by atoms with Crippen LogP contribution in [0.15, 0.2) is 45.7 Å². The van der Waals surface area contributed by atoms with Crippen LogP contribution in [-0.2, 0) is 0 Å². The van der Waals surface area contributed by atoms with E-state index in [0.717, 1.165) is 34.0 Å². The maximum Gasteiger partial charge on any atom is 0.260 e. The molecule has 5 rings (SSSR count). The Morgan fingerprint density at radius 2 is 2.11 bits per heavy atom. The molecule has 0 saturated heterocycles. The van der Waals surface area contributed by atoms with Crippen LogP contribution in [0.4, 0.5) is 0 Å². The van der Waals surface area contributed by atoms with Gasteiger partial charge in [0.1, 0.15) is 10.7 Å². The molecule has 0 spiro atoms. The van der Waals surface area contributed by atoms with E-state index in [1.165, 1.54) is 23.1 Å². The monoisotopic (exact) mass is 396 g/mol. The average molecular weight is 397 g/mol. The van der Waals surface area contributed by atoms with Gasteiger partial charge in [-0.15, -0.1) is 16.4 Å². The summed E-state index contributed by atoms with van der Waals surface area (Å²) < 4.78 is 1.87. The number of aromatic nitrogens is 6. The number of H-pyrrole nitrogens is 1. The molecule has 1 aliphatic carbocycles. The number of aromatic amines is 1. The Hall–Kier alpha value is -2.52. The van der Waals surface area contributed by atoms with E-state index in [9.17, 15) is 4.79 Å². The topological polar surface area (TPSA) is 89.3 Å². The largest absolute Gasteiger partial charge is 0.309 e. The molecule has 1 aliphatic rings. The van der Waals surface area contributed by atoms with Crippen molar-refractivity contribution in [1.29, 1.82) is 0 Å². The van der Waals surface area contributed by atoms with E-state index in [1.807, 2.05) is 47.3 Å². The fourth-order valence-electron chi connectivity index (χ4n) is 3.01. The lowest BCUT2D eigenvalue weighted by Crippen LogP contribution is -2.12. The van der Waals surface area contributed by atoms with Crippen molar-refractivity contribution in [3.63, 3.8) is 0 Å². The Kier molecular flexibility index (Phi) is 4.05. The molecule has 27 heavy (non-hydrogen) atoms. The molecule has 3 heterocycles. The number of thioether (sulfide) groups is 1. The Labute approximate surface area is 162 Å². The van der Waals surface area contributed by atoms with Gasteiger partial charge >= 0.3 is 0 Å². The number of tetrazole rings is 1. The third-order valence-electron chi connectivity index (χ3n) is 4.57. The highest BCUT2D eigenvalue weighted by atomic mass is 32.2. The van der Waals surface area contributed by atoms with Crippen molar-refractivity contribution < 1.29 is 0 Å². The summed E-state index contributed by atoms with van der Waals surface area (Å²) in [5.74, 6) is 0.643. The van der Waals surface area contributed by atoms with Crippen LogP contribution < -0.4 is 5.56 Å². The zero-order chi connectivity index (χ0) is 18.4. The van der Waals surface area contributed by atoms with Gasteiger partial charge in [-0.25, -0.2) is 9.67 Å². The molecule has 0 bridgehead atoms. The van der Waals surface area contributed by atoms with Gasteiger partial charge in [-0.1, -0.05) is 42.1 Å². The Morgan fingerprint density at radius 3 is 2.89 bits per heavy atom. The molecule has 1 atom stereocenters. The normalized spacial score (nSPS) is 15.3. The van der Waals surface area contributed by atoms with Crippen molar-refractivity contribution in [2.45, 2.75) is 36.2 Å². The molecular formula is C18H16N6OS2. The van der Waals surface area contributed by atoms with Gasteiger partial charge in [-0.3, -0.25) is 4.79 Å². The third-order valence-corrected chi connectivity index (χ3v) is 6.50. The highest BCUT2D eigenvalue weighted by molar-refractivity contribution is 7.99. The standard InChI is InChI=1S/C18H16N6OS2/c1-10(27-18-21-22-23-24(18)12-7-8-12)15-19-16(25)14-13(9-26-17(14)20-15)11-5-3-2-4-6-11/h2-6,9-10,12H,7-8H2,1H3,(H,19,20,25)/t10-/m1/s1. The van der Waals surface area contributed by atoms with Crippen LogP contribution in [0.25, 0.3) is 21.3 Å². The average Bonchev–Trinajstić information content (AvgIpc) is 3.26. The number of fused-ring (bicyclic) bond motifs is 1. The summed E-state index contributed by atoms with van der Waals surface area (Å²) in [6.45, 7) is 2.01. The molecule has 0 radical (unpaired) electrons. The molecule has 9 heteroatoms. The smallest absolute Gasteiger partial charge is 0.260 e. The molecule has 136 valence electrons. The van der Waals surface area contributed by atoms with Gasteiger partial charge in [0.25, 0.3) is 5.56 Å². The number of rotatable bonds is 5. The van der Waals surface area contributed by atoms with Crippen LogP contribution >= 0.6 is 23.1 Å². The molecule has 0 unspecified atom stereocenters. The van der Waals surface area contributed by atoms with E-state index >= 15 is 0 Å². The van der Waals surface area contributed by atoms with Crippen molar-refractivity contribution in [2.24, 2.45) is 0 Å². The van der Waals surface area contributed by atoms with E-state index in [1.54, 1.807) is 0 Å². The molecule has 0 amide bonds. The Balaban J connectivity index is 1.49. The van der Waals surface area contributed by atoms with Crippen molar-refractivity contribution in [1.82, 2.24) is 30.2 Å². The minimum atomic E-state index is -0.107. The van der Waals surface area contributed by atoms with Crippen LogP contribution in [0, 0.1) is 0 Å². The molecule has 1 saturated carbocycles. The summed E-state index contributed by atoms with van der Waals surface area (Å²) >= 11 is 3.01. The predicted molar refractivity (Wildman–Crippen MR) is 106 cm³/mol. The van der Waals surface area contributed by atoms with Gasteiger partial charge in [0.15, 0.2) is 0 Å². The highest BCUT2D eigenvalue weighted by Gasteiger charge is 2.29. The number of nitrogens with one attached hydrogen (secondary N) is 1. The van der Waals surface area contributed by atoms with Crippen molar-refractivity contribution in [2.75, 3.05) is 0 Å². The van der Waals surface area contributed by atoms with Crippen LogP contribution in [0.3, 0.4) is 0 Å². The van der Waals surface area contributed by atoms with E-state index in [4.69, 9.17) is 4.98 Å². The first kappa shape index (κ1) is 16.6. The molecule has 1 N–H and O–H groups in total. The minimum Gasteiger partial charge on any atom is -0.309 e. The van der Waals surface area contributed by atoms with Crippen molar-refractivity contribution in [3.05, 3.63) is 51.9 Å². The van der Waals surface area contributed by atoms with Gasteiger partial charge in [0.05, 0.1) is 16.7 Å². The van der Waals surface area contributed by atoms with Crippen LogP contribution in [0.2, 0.25) is 0 Å². The van der Waals surface area contributed by atoms with Crippen LogP contribution in [0.1, 0.15) is 36.9 Å². The first-order valence-corrected chi connectivity index (χ1v) is 10.5. The molecule has 1 aromatic carbocycles. The molecule has 7 nitrogen and oxygen atoms in total. The fraction of sp³-hybridized carbons (Fsp3) is 0.278. The van der Waals surface area contributed by atoms with E-state index in [0.29, 0.717) is 17.3 Å². The number of hydrogen-bond acceptors (Lipinski definition) is 7. The Bertz CT molecular complexity index is 1160. The maximum absolute atomic E-state index is 12.8. The molecular weight excluding hydrogens is 380 g/mol. The second kappa shape index (κ2) is 6.58. The molecule has 4 aromatic rings. The minimum absolute atomic E-state index is 0.0622. The summed E-state index contributed by atoms with van der Waals surface area (Å²) in [5, 5.41) is 15.3. The first-order chi connectivity index (χ1) is 13.2. The third kappa shape index (κ3) is 3.06. The van der Waals surface area contributed by atoms with Gasteiger partial charge in [0.2, 0.25) is 5.16 Å². The van der Waals surface area contributed by atoms with E-state index < -0.39 is 0 Å². The van der Waals surface area contributed by atoms with Crippen LogP contribution in [0.5, 0.6) is 0 Å². The first-order valence-electron chi connectivity index (χ1n) is 8.72.